The zero-order chi connectivity index (χ0) is 27.8. The lowest BCUT2D eigenvalue weighted by Gasteiger charge is -2.31. The molecule has 0 radical (unpaired) electrons. The predicted molar refractivity (Wildman–Crippen MR) is 151 cm³/mol. The Hall–Kier alpha value is -3.50. The van der Waals surface area contributed by atoms with E-state index in [-0.39, 0.29) is 18.6 Å². The molecule has 0 saturated carbocycles. The van der Waals surface area contributed by atoms with Crippen molar-refractivity contribution in [3.63, 3.8) is 0 Å². The van der Waals surface area contributed by atoms with E-state index in [0.717, 1.165) is 11.3 Å². The van der Waals surface area contributed by atoms with Crippen molar-refractivity contribution in [2.45, 2.75) is 38.8 Å². The van der Waals surface area contributed by atoms with Crippen LogP contribution in [0.4, 0.5) is 11.4 Å². The summed E-state index contributed by atoms with van der Waals surface area (Å²) in [5, 5.41) is 19.6. The molecular formula is C28H29Cl2N5O4. The number of nitrogens with one attached hydrogen (secondary N) is 1. The standard InChI is InChI=1S/C28H29Cl2N5O4/c1-16(2)23-10-17(13-34(23)24-14-33(15-38-3)32-27(24)39-4)28(37)35(20-7-5-6-18(29)11-20)25-21-9-8-19(30)12-22(21)31-26(25)36/h5-14,16,25-26,31,36H,15H2,1-4H3. The highest BCUT2D eigenvalue weighted by Gasteiger charge is 2.40. The van der Waals surface area contributed by atoms with Gasteiger partial charge in [0.2, 0.25) is 0 Å². The van der Waals surface area contributed by atoms with Gasteiger partial charge in [-0.25, -0.2) is 4.68 Å². The zero-order valence-electron chi connectivity index (χ0n) is 21.9. The number of rotatable bonds is 8. The molecule has 204 valence electrons. The van der Waals surface area contributed by atoms with Gasteiger partial charge >= 0.3 is 0 Å². The number of methoxy groups -OCH3 is 2. The van der Waals surface area contributed by atoms with E-state index in [1.165, 1.54) is 0 Å². The van der Waals surface area contributed by atoms with Crippen LogP contribution in [0.2, 0.25) is 10.0 Å². The van der Waals surface area contributed by atoms with Crippen molar-refractivity contribution in [2.24, 2.45) is 0 Å². The van der Waals surface area contributed by atoms with Crippen LogP contribution < -0.4 is 15.0 Å². The number of fused-ring (bicyclic) bond motifs is 1. The van der Waals surface area contributed by atoms with Crippen molar-refractivity contribution in [3.05, 3.63) is 87.8 Å². The lowest BCUT2D eigenvalue weighted by atomic mass is 10.0. The highest BCUT2D eigenvalue weighted by atomic mass is 35.5. The fourth-order valence-electron chi connectivity index (χ4n) is 4.92. The van der Waals surface area contributed by atoms with E-state index >= 15 is 0 Å². The topological polar surface area (TPSA) is 93.8 Å². The number of anilines is 2. The summed E-state index contributed by atoms with van der Waals surface area (Å²) in [6.45, 7) is 4.34. The Morgan fingerprint density at radius 2 is 1.90 bits per heavy atom. The number of aliphatic hydroxyl groups is 1. The molecule has 11 heteroatoms. The molecule has 0 aliphatic carbocycles. The number of halogens is 2. The average Bonchev–Trinajstić information content (AvgIpc) is 3.59. The molecule has 3 heterocycles. The predicted octanol–water partition coefficient (Wildman–Crippen LogP) is 5.85. The van der Waals surface area contributed by atoms with Crippen molar-refractivity contribution in [3.8, 4) is 11.6 Å². The number of aromatic nitrogens is 3. The molecule has 39 heavy (non-hydrogen) atoms. The number of carbonyl (C=O) groups is 1. The highest BCUT2D eigenvalue weighted by Crippen LogP contribution is 2.42. The van der Waals surface area contributed by atoms with Crippen molar-refractivity contribution >= 4 is 40.5 Å². The Labute approximate surface area is 236 Å². The van der Waals surface area contributed by atoms with Gasteiger partial charge in [-0.05, 0) is 42.3 Å². The minimum atomic E-state index is -1.07. The lowest BCUT2D eigenvalue weighted by molar-refractivity contribution is 0.0940. The molecule has 2 N–H and O–H groups in total. The molecule has 5 rings (SSSR count). The fourth-order valence-corrected chi connectivity index (χ4v) is 5.28. The van der Waals surface area contributed by atoms with Crippen molar-refractivity contribution in [2.75, 3.05) is 24.4 Å². The summed E-state index contributed by atoms with van der Waals surface area (Å²) >= 11 is 12.5. The minimum Gasteiger partial charge on any atom is -0.478 e. The van der Waals surface area contributed by atoms with Crippen LogP contribution in [0.25, 0.3) is 5.69 Å². The molecule has 0 spiro atoms. The first-order chi connectivity index (χ1) is 18.7. The Morgan fingerprint density at radius 3 is 2.59 bits per heavy atom. The van der Waals surface area contributed by atoms with Gasteiger partial charge in [0.25, 0.3) is 11.8 Å². The summed E-state index contributed by atoms with van der Waals surface area (Å²) in [5.41, 5.74) is 3.94. The molecule has 1 aliphatic heterocycles. The van der Waals surface area contributed by atoms with E-state index in [0.29, 0.717) is 38.6 Å². The Balaban J connectivity index is 1.64. The summed E-state index contributed by atoms with van der Waals surface area (Å²) in [6, 6.07) is 13.4. The maximum Gasteiger partial charge on any atom is 0.260 e. The van der Waals surface area contributed by atoms with Gasteiger partial charge in [0, 0.05) is 46.0 Å². The molecule has 9 nitrogen and oxygen atoms in total. The first-order valence-electron chi connectivity index (χ1n) is 12.4. The number of ether oxygens (including phenoxy) is 2. The highest BCUT2D eigenvalue weighted by molar-refractivity contribution is 6.31. The summed E-state index contributed by atoms with van der Waals surface area (Å²) in [5.74, 6) is 0.162. The van der Waals surface area contributed by atoms with E-state index in [9.17, 15) is 9.90 Å². The molecule has 1 amide bonds. The number of nitrogens with zero attached hydrogens (tertiary/aromatic N) is 4. The van der Waals surface area contributed by atoms with Gasteiger partial charge in [-0.2, -0.15) is 0 Å². The number of hydrogen-bond donors (Lipinski definition) is 2. The first kappa shape index (κ1) is 27.1. The van der Waals surface area contributed by atoms with Crippen LogP contribution >= 0.6 is 23.2 Å². The minimum absolute atomic E-state index is 0.0725. The van der Waals surface area contributed by atoms with Gasteiger partial charge in [0.1, 0.15) is 24.7 Å². The Bertz CT molecular complexity index is 1520. The fraction of sp³-hybridized carbons (Fsp3) is 0.286. The number of aliphatic hydroxyl groups excluding tert-OH is 1. The molecule has 2 unspecified atom stereocenters. The molecule has 2 aromatic heterocycles. The third-order valence-corrected chi connectivity index (χ3v) is 7.10. The second kappa shape index (κ2) is 10.9. The van der Waals surface area contributed by atoms with Crippen LogP contribution in [0.1, 0.15) is 47.4 Å². The zero-order valence-corrected chi connectivity index (χ0v) is 23.4. The van der Waals surface area contributed by atoms with Crippen LogP contribution in [0.5, 0.6) is 5.88 Å². The van der Waals surface area contributed by atoms with Crippen LogP contribution in [-0.2, 0) is 11.5 Å². The average molecular weight is 570 g/mol. The molecule has 1 aliphatic rings. The summed E-state index contributed by atoms with van der Waals surface area (Å²) < 4.78 is 14.3. The maximum atomic E-state index is 14.4. The maximum absolute atomic E-state index is 14.4. The molecule has 4 aromatic rings. The summed E-state index contributed by atoms with van der Waals surface area (Å²) in [6.07, 6.45) is 2.51. The van der Waals surface area contributed by atoms with E-state index in [1.807, 2.05) is 36.7 Å². The lowest BCUT2D eigenvalue weighted by Crippen LogP contribution is -2.40. The quantitative estimate of drug-likeness (QED) is 0.276. The van der Waals surface area contributed by atoms with E-state index in [4.69, 9.17) is 32.7 Å². The molecule has 0 fully saturated rings. The molecule has 2 atom stereocenters. The third-order valence-electron chi connectivity index (χ3n) is 6.63. The molecule has 2 aromatic carbocycles. The number of hydrogen-bond acceptors (Lipinski definition) is 6. The van der Waals surface area contributed by atoms with Gasteiger partial charge in [-0.15, -0.1) is 5.10 Å². The normalized spacial score (nSPS) is 16.3. The second-order valence-corrected chi connectivity index (χ2v) is 10.5. The van der Waals surface area contributed by atoms with E-state index < -0.39 is 12.3 Å². The van der Waals surface area contributed by atoms with Gasteiger partial charge < -0.3 is 24.5 Å². The van der Waals surface area contributed by atoms with Gasteiger partial charge in [0.05, 0.1) is 18.9 Å². The van der Waals surface area contributed by atoms with Gasteiger partial charge in [-0.1, -0.05) is 49.2 Å². The summed E-state index contributed by atoms with van der Waals surface area (Å²) in [4.78, 5) is 15.9. The van der Waals surface area contributed by atoms with Crippen LogP contribution in [0.3, 0.4) is 0 Å². The largest absolute Gasteiger partial charge is 0.478 e. The molecule has 0 saturated heterocycles. The van der Waals surface area contributed by atoms with Gasteiger partial charge in [0.15, 0.2) is 0 Å². The van der Waals surface area contributed by atoms with Gasteiger partial charge in [-0.3, -0.25) is 9.69 Å². The monoisotopic (exact) mass is 569 g/mol. The smallest absolute Gasteiger partial charge is 0.260 e. The summed E-state index contributed by atoms with van der Waals surface area (Å²) in [7, 11) is 3.13. The van der Waals surface area contributed by atoms with Crippen molar-refractivity contribution in [1.82, 2.24) is 14.3 Å². The second-order valence-electron chi connectivity index (χ2n) is 9.58. The third kappa shape index (κ3) is 5.10. The number of benzene rings is 2. The first-order valence-corrected chi connectivity index (χ1v) is 13.1. The van der Waals surface area contributed by atoms with E-state index in [1.54, 1.807) is 66.4 Å². The molecular weight excluding hydrogens is 541 g/mol. The number of amides is 1. The van der Waals surface area contributed by atoms with E-state index in [2.05, 4.69) is 10.4 Å². The Kier molecular flexibility index (Phi) is 7.59. The van der Waals surface area contributed by atoms with Crippen molar-refractivity contribution in [1.29, 1.82) is 0 Å². The van der Waals surface area contributed by atoms with Crippen LogP contribution in [0, 0.1) is 0 Å². The Morgan fingerprint density at radius 1 is 1.13 bits per heavy atom. The van der Waals surface area contributed by atoms with Crippen molar-refractivity contribution < 1.29 is 19.4 Å². The van der Waals surface area contributed by atoms with Crippen LogP contribution in [-0.4, -0.2) is 45.8 Å². The SMILES string of the molecule is COCn1cc(-n2cc(C(=O)N(c3cccc(Cl)c3)C3c4ccc(Cl)cc4NC3O)cc2C(C)C)c(OC)n1. The molecule has 0 bridgehead atoms. The number of carbonyl (C=O) groups excluding carboxylic acids is 1. The van der Waals surface area contributed by atoms with Crippen LogP contribution in [0.15, 0.2) is 60.9 Å².